The van der Waals surface area contributed by atoms with Crippen molar-refractivity contribution >= 4 is 16.9 Å². The van der Waals surface area contributed by atoms with Crippen LogP contribution in [0.2, 0.25) is 0 Å². The highest BCUT2D eigenvalue weighted by molar-refractivity contribution is 5.86. The number of nitrogens with one attached hydrogen (secondary N) is 1. The van der Waals surface area contributed by atoms with Crippen LogP contribution in [0, 0.1) is 0 Å². The smallest absolute Gasteiger partial charge is 0.163 e. The second-order valence-electron chi connectivity index (χ2n) is 4.75. The lowest BCUT2D eigenvalue weighted by Gasteiger charge is -2.25. The number of rotatable bonds is 3. The van der Waals surface area contributed by atoms with E-state index in [2.05, 4.69) is 25.3 Å². The van der Waals surface area contributed by atoms with Gasteiger partial charge >= 0.3 is 0 Å². The summed E-state index contributed by atoms with van der Waals surface area (Å²) in [5.41, 5.74) is 0.898. The van der Waals surface area contributed by atoms with Gasteiger partial charge in [-0.25, -0.2) is 9.97 Å². The van der Waals surface area contributed by atoms with Gasteiger partial charge in [0.15, 0.2) is 5.65 Å². The van der Waals surface area contributed by atoms with Crippen LogP contribution in [0.3, 0.4) is 0 Å². The Morgan fingerprint density at radius 2 is 2.33 bits per heavy atom. The van der Waals surface area contributed by atoms with E-state index in [0.717, 1.165) is 29.9 Å². The quantitative estimate of drug-likeness (QED) is 0.857. The molecule has 0 bridgehead atoms. The van der Waals surface area contributed by atoms with E-state index >= 15 is 0 Å². The summed E-state index contributed by atoms with van der Waals surface area (Å²) in [6.45, 7) is 2.05. The second kappa shape index (κ2) is 4.53. The molecule has 18 heavy (non-hydrogen) atoms. The van der Waals surface area contributed by atoms with Gasteiger partial charge in [0.25, 0.3) is 0 Å². The van der Waals surface area contributed by atoms with Crippen molar-refractivity contribution in [2.75, 3.05) is 25.0 Å². The van der Waals surface area contributed by atoms with Gasteiger partial charge in [0.1, 0.15) is 12.1 Å². The summed E-state index contributed by atoms with van der Waals surface area (Å²) < 4.78 is 1.80. The third kappa shape index (κ3) is 1.73. The lowest BCUT2D eigenvalue weighted by molar-refractivity contribution is 0.612. The third-order valence-electron chi connectivity index (χ3n) is 3.60. The van der Waals surface area contributed by atoms with Crippen LogP contribution in [0.4, 0.5) is 5.82 Å². The minimum Gasteiger partial charge on any atom is -0.352 e. The Morgan fingerprint density at radius 3 is 3.17 bits per heavy atom. The van der Waals surface area contributed by atoms with Crippen LogP contribution < -0.4 is 10.2 Å². The number of aryl methyl sites for hydroxylation is 1. The Morgan fingerprint density at radius 1 is 1.44 bits per heavy atom. The molecule has 0 spiro atoms. The molecule has 0 aliphatic carbocycles. The fraction of sp³-hybridized carbons (Fsp3) is 0.583. The molecule has 2 aromatic heterocycles. The van der Waals surface area contributed by atoms with E-state index in [1.54, 1.807) is 11.0 Å². The van der Waals surface area contributed by atoms with Crippen LogP contribution in [0.1, 0.15) is 12.8 Å². The van der Waals surface area contributed by atoms with Crippen molar-refractivity contribution < 1.29 is 0 Å². The maximum Gasteiger partial charge on any atom is 0.163 e. The van der Waals surface area contributed by atoms with Crippen molar-refractivity contribution in [2.45, 2.75) is 18.9 Å². The minimum atomic E-state index is 0.522. The van der Waals surface area contributed by atoms with E-state index in [-0.39, 0.29) is 0 Å². The van der Waals surface area contributed by atoms with Crippen molar-refractivity contribution in [3.8, 4) is 0 Å². The maximum atomic E-state index is 4.47. The number of hydrogen-bond donors (Lipinski definition) is 1. The van der Waals surface area contributed by atoms with Crippen LogP contribution >= 0.6 is 0 Å². The van der Waals surface area contributed by atoms with Crippen LogP contribution in [-0.2, 0) is 7.05 Å². The number of nitrogens with zero attached hydrogens (tertiary/aromatic N) is 5. The predicted molar refractivity (Wildman–Crippen MR) is 70.6 cm³/mol. The van der Waals surface area contributed by atoms with Gasteiger partial charge in [-0.15, -0.1) is 0 Å². The molecule has 1 atom stereocenters. The monoisotopic (exact) mass is 246 g/mol. The van der Waals surface area contributed by atoms with Crippen molar-refractivity contribution in [1.29, 1.82) is 0 Å². The number of hydrogen-bond acceptors (Lipinski definition) is 5. The molecule has 3 rings (SSSR count). The molecule has 2 aromatic rings. The number of aromatic nitrogens is 4. The highest BCUT2D eigenvalue weighted by atomic mass is 15.3. The van der Waals surface area contributed by atoms with Gasteiger partial charge in [-0.2, -0.15) is 5.10 Å². The summed E-state index contributed by atoms with van der Waals surface area (Å²) >= 11 is 0. The van der Waals surface area contributed by atoms with Gasteiger partial charge in [-0.3, -0.25) is 4.68 Å². The van der Waals surface area contributed by atoms with Crippen molar-refractivity contribution in [3.05, 3.63) is 12.5 Å². The van der Waals surface area contributed by atoms with E-state index in [9.17, 15) is 0 Å². The normalized spacial score (nSPS) is 19.9. The van der Waals surface area contributed by atoms with E-state index in [1.165, 1.54) is 12.8 Å². The molecule has 1 fully saturated rings. The van der Waals surface area contributed by atoms with Crippen molar-refractivity contribution in [3.63, 3.8) is 0 Å². The lowest BCUT2D eigenvalue weighted by Crippen LogP contribution is -2.37. The Labute approximate surface area is 106 Å². The van der Waals surface area contributed by atoms with E-state index in [4.69, 9.17) is 0 Å². The highest BCUT2D eigenvalue weighted by Crippen LogP contribution is 2.28. The van der Waals surface area contributed by atoms with Gasteiger partial charge < -0.3 is 10.2 Å². The largest absolute Gasteiger partial charge is 0.352 e. The van der Waals surface area contributed by atoms with Crippen LogP contribution in [0.15, 0.2) is 12.5 Å². The van der Waals surface area contributed by atoms with Crippen molar-refractivity contribution in [1.82, 2.24) is 25.1 Å². The molecule has 1 N–H and O–H groups in total. The van der Waals surface area contributed by atoms with Crippen LogP contribution in [0.5, 0.6) is 0 Å². The Hall–Kier alpha value is -1.69. The molecule has 1 aliphatic rings. The molecule has 0 aromatic carbocycles. The molecule has 1 unspecified atom stereocenters. The highest BCUT2D eigenvalue weighted by Gasteiger charge is 2.26. The number of anilines is 1. The first-order valence-electron chi connectivity index (χ1n) is 6.35. The van der Waals surface area contributed by atoms with Crippen molar-refractivity contribution in [2.24, 2.45) is 7.05 Å². The van der Waals surface area contributed by atoms with Crippen LogP contribution in [0.25, 0.3) is 11.0 Å². The average Bonchev–Trinajstić information content (AvgIpc) is 2.98. The summed E-state index contributed by atoms with van der Waals surface area (Å²) in [7, 11) is 3.91. The molecular formula is C12H18N6. The van der Waals surface area contributed by atoms with E-state index in [1.807, 2.05) is 20.3 Å². The Bertz CT molecular complexity index is 548. The SMILES string of the molecule is CNCC1CCCN1c1ncnc2c1cnn2C. The topological polar surface area (TPSA) is 58.9 Å². The summed E-state index contributed by atoms with van der Waals surface area (Å²) in [5.74, 6) is 1.02. The van der Waals surface area contributed by atoms with Gasteiger partial charge in [0.05, 0.1) is 11.6 Å². The summed E-state index contributed by atoms with van der Waals surface area (Å²) in [6, 6.07) is 0.522. The Kier molecular flexibility index (Phi) is 2.87. The predicted octanol–water partition coefficient (Wildman–Crippen LogP) is 0.551. The number of likely N-dealkylation sites (N-methyl/N-ethyl adjacent to an activating group) is 1. The molecule has 96 valence electrons. The maximum absolute atomic E-state index is 4.47. The van der Waals surface area contributed by atoms with Gasteiger partial charge in [-0.1, -0.05) is 0 Å². The first-order chi connectivity index (χ1) is 8.81. The molecule has 0 saturated carbocycles. The first-order valence-corrected chi connectivity index (χ1v) is 6.35. The standard InChI is InChI=1S/C12H18N6/c1-13-6-9-4-3-5-18(9)12-10-7-16-17(2)11(10)14-8-15-12/h7-9,13H,3-6H2,1-2H3. The number of fused-ring (bicyclic) bond motifs is 1. The zero-order valence-corrected chi connectivity index (χ0v) is 10.8. The third-order valence-corrected chi connectivity index (χ3v) is 3.60. The minimum absolute atomic E-state index is 0.522. The molecule has 1 saturated heterocycles. The molecular weight excluding hydrogens is 228 g/mol. The zero-order valence-electron chi connectivity index (χ0n) is 10.8. The van der Waals surface area contributed by atoms with Crippen LogP contribution in [-0.4, -0.2) is 45.9 Å². The fourth-order valence-corrected chi connectivity index (χ4v) is 2.74. The van der Waals surface area contributed by atoms with Gasteiger partial charge in [0.2, 0.25) is 0 Å². The average molecular weight is 246 g/mol. The summed E-state index contributed by atoms with van der Waals surface area (Å²) in [4.78, 5) is 11.1. The second-order valence-corrected chi connectivity index (χ2v) is 4.75. The zero-order chi connectivity index (χ0) is 12.5. The van der Waals surface area contributed by atoms with E-state index in [0.29, 0.717) is 6.04 Å². The molecule has 0 amide bonds. The van der Waals surface area contributed by atoms with Gasteiger partial charge in [-0.05, 0) is 19.9 Å². The summed E-state index contributed by atoms with van der Waals surface area (Å²) in [5, 5.41) is 8.57. The molecule has 6 nitrogen and oxygen atoms in total. The molecule has 6 heteroatoms. The summed E-state index contributed by atoms with van der Waals surface area (Å²) in [6.07, 6.45) is 5.93. The van der Waals surface area contributed by atoms with E-state index < -0.39 is 0 Å². The fourth-order valence-electron chi connectivity index (χ4n) is 2.74. The lowest BCUT2D eigenvalue weighted by atomic mass is 10.2. The first kappa shape index (κ1) is 11.4. The molecule has 3 heterocycles. The van der Waals surface area contributed by atoms with Gasteiger partial charge in [0, 0.05) is 26.2 Å². The Balaban J connectivity index is 2.03. The molecule has 0 radical (unpaired) electrons. The molecule has 1 aliphatic heterocycles.